The van der Waals surface area contributed by atoms with Crippen LogP contribution >= 0.6 is 27.3 Å². The largest absolute Gasteiger partial charge is 0.344 e. The Morgan fingerprint density at radius 1 is 1.50 bits per heavy atom. The minimum Gasteiger partial charge on any atom is -0.344 e. The molecule has 1 fully saturated rings. The Bertz CT molecular complexity index is 740. The molecule has 1 atom stereocenters. The molecule has 0 saturated carbocycles. The second-order valence-electron chi connectivity index (χ2n) is 5.48. The molecule has 2 aromatic rings. The zero-order valence-electron chi connectivity index (χ0n) is 12.2. The van der Waals surface area contributed by atoms with E-state index in [0.717, 1.165) is 19.9 Å². The Hall–Kier alpha value is -1.73. The zero-order chi connectivity index (χ0) is 15.9. The minimum absolute atomic E-state index is 0.0783. The van der Waals surface area contributed by atoms with Crippen molar-refractivity contribution in [3.63, 3.8) is 0 Å². The first-order valence-corrected chi connectivity index (χ1v) is 8.35. The van der Waals surface area contributed by atoms with Gasteiger partial charge in [-0.3, -0.25) is 15.1 Å². The van der Waals surface area contributed by atoms with E-state index in [1.54, 1.807) is 18.4 Å². The van der Waals surface area contributed by atoms with E-state index in [1.807, 2.05) is 37.4 Å². The third kappa shape index (κ3) is 2.66. The number of nitrogens with zero attached hydrogens (tertiary/aromatic N) is 2. The van der Waals surface area contributed by atoms with Gasteiger partial charge in [-0.05, 0) is 24.6 Å². The number of aromatic nitrogens is 1. The monoisotopic (exact) mass is 378 g/mol. The van der Waals surface area contributed by atoms with Gasteiger partial charge in [0.1, 0.15) is 5.01 Å². The molecule has 0 spiro atoms. The van der Waals surface area contributed by atoms with E-state index >= 15 is 0 Å². The first kappa shape index (κ1) is 15.2. The Kier molecular flexibility index (Phi) is 3.78. The van der Waals surface area contributed by atoms with Crippen molar-refractivity contribution < 1.29 is 4.79 Å². The van der Waals surface area contributed by atoms with Crippen molar-refractivity contribution in [2.24, 2.45) is 0 Å². The van der Waals surface area contributed by atoms with E-state index in [-0.39, 0.29) is 18.3 Å². The van der Waals surface area contributed by atoms with Crippen LogP contribution in [0.5, 0.6) is 0 Å². The summed E-state index contributed by atoms with van der Waals surface area (Å²) >= 11 is 5.01. The van der Waals surface area contributed by atoms with Crippen LogP contribution in [0.1, 0.15) is 18.4 Å². The van der Waals surface area contributed by atoms with Crippen molar-refractivity contribution in [1.29, 1.82) is 5.41 Å². The van der Waals surface area contributed by atoms with Gasteiger partial charge in [0.15, 0.2) is 5.96 Å². The molecule has 3 rings (SSSR count). The zero-order valence-corrected chi connectivity index (χ0v) is 14.6. The van der Waals surface area contributed by atoms with Crippen LogP contribution in [-0.2, 0) is 10.3 Å². The Balaban J connectivity index is 1.93. The van der Waals surface area contributed by atoms with Gasteiger partial charge in [0, 0.05) is 17.7 Å². The summed E-state index contributed by atoms with van der Waals surface area (Å²) < 4.78 is 1.01. The van der Waals surface area contributed by atoms with Crippen LogP contribution in [0.3, 0.4) is 0 Å². The van der Waals surface area contributed by atoms with E-state index in [2.05, 4.69) is 26.2 Å². The first-order valence-electron chi connectivity index (χ1n) is 6.74. The van der Waals surface area contributed by atoms with Gasteiger partial charge >= 0.3 is 0 Å². The quantitative estimate of drug-likeness (QED) is 0.842. The maximum Gasteiger partial charge on any atom is 0.231 e. The summed E-state index contributed by atoms with van der Waals surface area (Å²) in [6.07, 6.45) is 2.11. The summed E-state index contributed by atoms with van der Waals surface area (Å²) in [6, 6.07) is 8.02. The van der Waals surface area contributed by atoms with Gasteiger partial charge in [-0.15, -0.1) is 11.3 Å². The molecule has 2 heterocycles. The van der Waals surface area contributed by atoms with Crippen LogP contribution in [-0.4, -0.2) is 28.8 Å². The van der Waals surface area contributed by atoms with Crippen LogP contribution in [0.15, 0.2) is 34.9 Å². The number of hydrogen-bond donors (Lipinski definition) is 2. The number of carbonyl (C=O) groups is 1. The molecule has 1 aromatic carbocycles. The second kappa shape index (κ2) is 5.48. The van der Waals surface area contributed by atoms with Gasteiger partial charge in [0.2, 0.25) is 5.91 Å². The second-order valence-corrected chi connectivity index (χ2v) is 7.42. The summed E-state index contributed by atoms with van der Waals surface area (Å²) in [5, 5.41) is 11.8. The van der Waals surface area contributed by atoms with Crippen LogP contribution in [0, 0.1) is 5.41 Å². The van der Waals surface area contributed by atoms with Crippen LogP contribution in [0.2, 0.25) is 0 Å². The summed E-state index contributed by atoms with van der Waals surface area (Å²) in [5.74, 6) is 0.0309. The lowest BCUT2D eigenvalue weighted by Crippen LogP contribution is -2.58. The molecule has 1 aliphatic heterocycles. The topological polar surface area (TPSA) is 69.1 Å². The van der Waals surface area contributed by atoms with Crippen molar-refractivity contribution in [2.75, 3.05) is 7.05 Å². The molecule has 0 bridgehead atoms. The average Bonchev–Trinajstić information content (AvgIpc) is 2.95. The number of carbonyl (C=O) groups excluding carboxylic acids is 1. The van der Waals surface area contributed by atoms with Gasteiger partial charge < -0.3 is 5.32 Å². The average molecular weight is 379 g/mol. The van der Waals surface area contributed by atoms with Crippen LogP contribution in [0.25, 0.3) is 10.4 Å². The SMILES string of the molecule is CN1C(=N)NC(C)(c2ncc(-c3cccc(Br)c3)s2)CC1=O. The molecular formula is C15H15BrN4OS. The van der Waals surface area contributed by atoms with Crippen molar-refractivity contribution in [1.82, 2.24) is 15.2 Å². The Labute approximate surface area is 141 Å². The fourth-order valence-electron chi connectivity index (χ4n) is 2.37. The molecular weight excluding hydrogens is 364 g/mol. The van der Waals surface area contributed by atoms with Gasteiger partial charge in [-0.1, -0.05) is 28.1 Å². The number of halogens is 1. The predicted octanol–water partition coefficient (Wildman–Crippen LogP) is 3.17. The predicted molar refractivity (Wildman–Crippen MR) is 90.9 cm³/mol. The van der Waals surface area contributed by atoms with Crippen molar-refractivity contribution in [2.45, 2.75) is 18.9 Å². The highest BCUT2D eigenvalue weighted by atomic mass is 79.9. The molecule has 0 radical (unpaired) electrons. The summed E-state index contributed by atoms with van der Waals surface area (Å²) in [4.78, 5) is 18.9. The lowest BCUT2D eigenvalue weighted by Gasteiger charge is -2.37. The van der Waals surface area contributed by atoms with Gasteiger partial charge in [-0.2, -0.15) is 0 Å². The maximum atomic E-state index is 12.0. The summed E-state index contributed by atoms with van der Waals surface area (Å²) in [7, 11) is 1.60. The lowest BCUT2D eigenvalue weighted by molar-refractivity contribution is -0.129. The van der Waals surface area contributed by atoms with E-state index in [0.29, 0.717) is 0 Å². The van der Waals surface area contributed by atoms with E-state index < -0.39 is 5.54 Å². The summed E-state index contributed by atoms with van der Waals surface area (Å²) in [5.41, 5.74) is 0.450. The van der Waals surface area contributed by atoms with Crippen LogP contribution < -0.4 is 5.32 Å². The normalized spacial score (nSPS) is 21.9. The maximum absolute atomic E-state index is 12.0. The van der Waals surface area contributed by atoms with E-state index in [1.165, 1.54) is 4.90 Å². The van der Waals surface area contributed by atoms with E-state index in [9.17, 15) is 4.79 Å². The minimum atomic E-state index is -0.629. The fraction of sp³-hybridized carbons (Fsp3) is 0.267. The Morgan fingerprint density at radius 3 is 2.95 bits per heavy atom. The molecule has 22 heavy (non-hydrogen) atoms. The molecule has 2 N–H and O–H groups in total. The van der Waals surface area contributed by atoms with Gasteiger partial charge in [0.05, 0.1) is 16.8 Å². The number of guanidine groups is 1. The van der Waals surface area contributed by atoms with Crippen molar-refractivity contribution in [3.8, 4) is 10.4 Å². The highest BCUT2D eigenvalue weighted by Gasteiger charge is 2.40. The molecule has 0 aliphatic carbocycles. The van der Waals surface area contributed by atoms with Crippen molar-refractivity contribution in [3.05, 3.63) is 39.9 Å². The standard InChI is InChI=1S/C15H15BrN4OS/c1-15(7-12(21)20(2)14(17)19-15)13-18-8-11(22-13)9-4-3-5-10(16)6-9/h3-6,8H,7H2,1-2H3,(H2,17,19). The molecule has 1 aromatic heterocycles. The molecule has 5 nitrogen and oxygen atoms in total. The lowest BCUT2D eigenvalue weighted by atomic mass is 9.96. The highest BCUT2D eigenvalue weighted by Crippen LogP contribution is 2.36. The number of thiazole rings is 1. The number of rotatable bonds is 2. The smallest absolute Gasteiger partial charge is 0.231 e. The van der Waals surface area contributed by atoms with Crippen molar-refractivity contribution >= 4 is 39.1 Å². The summed E-state index contributed by atoms with van der Waals surface area (Å²) in [6.45, 7) is 1.91. The fourth-order valence-corrected chi connectivity index (χ4v) is 3.78. The molecule has 7 heteroatoms. The van der Waals surface area contributed by atoms with Gasteiger partial charge in [0.25, 0.3) is 0 Å². The molecule has 1 aliphatic rings. The number of amides is 1. The molecule has 1 unspecified atom stereocenters. The number of benzene rings is 1. The van der Waals surface area contributed by atoms with Crippen LogP contribution in [0.4, 0.5) is 0 Å². The molecule has 114 valence electrons. The third-order valence-corrected chi connectivity index (χ3v) is 5.50. The van der Waals surface area contributed by atoms with Gasteiger partial charge in [-0.25, -0.2) is 4.98 Å². The Morgan fingerprint density at radius 2 is 2.27 bits per heavy atom. The number of hydrogen-bond acceptors (Lipinski definition) is 4. The molecule has 1 saturated heterocycles. The third-order valence-electron chi connectivity index (χ3n) is 3.70. The molecule has 1 amide bonds. The van der Waals surface area contributed by atoms with E-state index in [4.69, 9.17) is 5.41 Å². The first-order chi connectivity index (χ1) is 10.4. The number of nitrogens with one attached hydrogen (secondary N) is 2. The highest BCUT2D eigenvalue weighted by molar-refractivity contribution is 9.10.